The van der Waals surface area contributed by atoms with Crippen LogP contribution in [0.2, 0.25) is 0 Å². The van der Waals surface area contributed by atoms with Gasteiger partial charge in [-0.25, -0.2) is 10.6 Å². The van der Waals surface area contributed by atoms with Crippen molar-refractivity contribution in [2.75, 3.05) is 6.54 Å². The van der Waals surface area contributed by atoms with E-state index < -0.39 is 11.9 Å². The lowest BCUT2D eigenvalue weighted by molar-refractivity contribution is 0.0800. The van der Waals surface area contributed by atoms with Gasteiger partial charge in [0.25, 0.3) is 5.91 Å². The SMILES string of the molecule is CCCCCCCCNC(=O)N(N)C(=O)c1ccc(O)cc1. The summed E-state index contributed by atoms with van der Waals surface area (Å²) in [6.07, 6.45) is 6.74. The van der Waals surface area contributed by atoms with E-state index in [4.69, 9.17) is 5.84 Å². The molecule has 0 aliphatic heterocycles. The number of nitrogens with two attached hydrogens (primary N) is 1. The molecule has 0 aromatic heterocycles. The van der Waals surface area contributed by atoms with Crippen LogP contribution in [0.1, 0.15) is 55.8 Å². The van der Waals surface area contributed by atoms with Gasteiger partial charge in [-0.2, -0.15) is 5.01 Å². The fourth-order valence-electron chi connectivity index (χ4n) is 2.02. The van der Waals surface area contributed by atoms with Crippen molar-refractivity contribution in [3.63, 3.8) is 0 Å². The van der Waals surface area contributed by atoms with Crippen LogP contribution in [-0.2, 0) is 0 Å². The number of unbranched alkanes of at least 4 members (excludes halogenated alkanes) is 5. The van der Waals surface area contributed by atoms with Crippen molar-refractivity contribution in [3.8, 4) is 5.75 Å². The lowest BCUT2D eigenvalue weighted by Gasteiger charge is -2.15. The van der Waals surface area contributed by atoms with Gasteiger partial charge >= 0.3 is 6.03 Å². The third-order valence-corrected chi connectivity index (χ3v) is 3.36. The predicted molar refractivity (Wildman–Crippen MR) is 85.2 cm³/mol. The Morgan fingerprint density at radius 3 is 2.32 bits per heavy atom. The highest BCUT2D eigenvalue weighted by Crippen LogP contribution is 2.10. The molecule has 0 bridgehead atoms. The van der Waals surface area contributed by atoms with Crippen LogP contribution in [0.15, 0.2) is 24.3 Å². The minimum atomic E-state index is -0.619. The highest BCUT2D eigenvalue weighted by atomic mass is 16.3. The Hall–Kier alpha value is -2.08. The number of rotatable bonds is 8. The molecular weight excluding hydrogens is 282 g/mol. The van der Waals surface area contributed by atoms with Gasteiger partial charge in [0, 0.05) is 12.1 Å². The van der Waals surface area contributed by atoms with Gasteiger partial charge in [-0.1, -0.05) is 39.0 Å². The number of hydrogen-bond acceptors (Lipinski definition) is 4. The molecule has 1 aromatic carbocycles. The van der Waals surface area contributed by atoms with E-state index in [1.165, 1.54) is 43.5 Å². The molecule has 0 atom stereocenters. The first-order valence-electron chi connectivity index (χ1n) is 7.72. The first-order valence-corrected chi connectivity index (χ1v) is 7.72. The van der Waals surface area contributed by atoms with Crippen LogP contribution in [-0.4, -0.2) is 28.6 Å². The minimum Gasteiger partial charge on any atom is -0.508 e. The van der Waals surface area contributed by atoms with Gasteiger partial charge in [0.05, 0.1) is 0 Å². The average Bonchev–Trinajstić information content (AvgIpc) is 2.53. The van der Waals surface area contributed by atoms with Gasteiger partial charge in [-0.15, -0.1) is 0 Å². The maximum atomic E-state index is 12.0. The number of phenolic OH excluding ortho intramolecular Hbond substituents is 1. The van der Waals surface area contributed by atoms with E-state index in [-0.39, 0.29) is 11.3 Å². The molecule has 0 heterocycles. The van der Waals surface area contributed by atoms with E-state index in [1.54, 1.807) is 0 Å². The summed E-state index contributed by atoms with van der Waals surface area (Å²) in [5, 5.41) is 12.4. The van der Waals surface area contributed by atoms with Crippen molar-refractivity contribution in [1.82, 2.24) is 10.3 Å². The number of carbonyl (C=O) groups is 2. The van der Waals surface area contributed by atoms with Gasteiger partial charge < -0.3 is 10.4 Å². The van der Waals surface area contributed by atoms with E-state index in [0.29, 0.717) is 11.6 Å². The van der Waals surface area contributed by atoms with E-state index in [0.717, 1.165) is 19.3 Å². The van der Waals surface area contributed by atoms with Gasteiger partial charge in [0.2, 0.25) is 0 Å². The molecule has 22 heavy (non-hydrogen) atoms. The van der Waals surface area contributed by atoms with E-state index >= 15 is 0 Å². The van der Waals surface area contributed by atoms with Crippen LogP contribution >= 0.6 is 0 Å². The normalized spacial score (nSPS) is 10.3. The second-order valence-electron chi connectivity index (χ2n) is 5.22. The van der Waals surface area contributed by atoms with Crippen LogP contribution < -0.4 is 11.2 Å². The zero-order valence-electron chi connectivity index (χ0n) is 13.0. The molecule has 6 heteroatoms. The molecule has 0 fully saturated rings. The van der Waals surface area contributed by atoms with Gasteiger partial charge in [-0.3, -0.25) is 4.79 Å². The molecule has 122 valence electrons. The van der Waals surface area contributed by atoms with Gasteiger partial charge in [0.15, 0.2) is 0 Å². The second-order valence-corrected chi connectivity index (χ2v) is 5.22. The summed E-state index contributed by atoms with van der Waals surface area (Å²) in [6.45, 7) is 2.67. The fraction of sp³-hybridized carbons (Fsp3) is 0.500. The maximum absolute atomic E-state index is 12.0. The number of hydrogen-bond donors (Lipinski definition) is 3. The van der Waals surface area contributed by atoms with Crippen LogP contribution in [0, 0.1) is 0 Å². The first-order chi connectivity index (χ1) is 10.6. The molecule has 0 aliphatic carbocycles. The van der Waals surface area contributed by atoms with Crippen molar-refractivity contribution in [3.05, 3.63) is 29.8 Å². The van der Waals surface area contributed by atoms with E-state index in [9.17, 15) is 14.7 Å². The molecule has 0 saturated heterocycles. The Morgan fingerprint density at radius 1 is 1.09 bits per heavy atom. The Bertz CT molecular complexity index is 474. The molecule has 4 N–H and O–H groups in total. The number of nitrogens with zero attached hydrogens (tertiary/aromatic N) is 1. The van der Waals surface area contributed by atoms with Gasteiger partial charge in [-0.05, 0) is 30.7 Å². The molecule has 0 aliphatic rings. The van der Waals surface area contributed by atoms with Crippen molar-refractivity contribution in [2.45, 2.75) is 45.4 Å². The quantitative estimate of drug-likeness (QED) is 0.298. The Balaban J connectivity index is 2.29. The van der Waals surface area contributed by atoms with E-state index in [1.807, 2.05) is 0 Å². The van der Waals surface area contributed by atoms with E-state index in [2.05, 4.69) is 12.2 Å². The van der Waals surface area contributed by atoms with Crippen LogP contribution in [0.25, 0.3) is 0 Å². The van der Waals surface area contributed by atoms with Crippen LogP contribution in [0.4, 0.5) is 4.79 Å². The minimum absolute atomic E-state index is 0.0487. The van der Waals surface area contributed by atoms with Crippen molar-refractivity contribution < 1.29 is 14.7 Å². The third kappa shape index (κ3) is 6.13. The number of benzene rings is 1. The van der Waals surface area contributed by atoms with Crippen LogP contribution in [0.5, 0.6) is 5.75 Å². The lowest BCUT2D eigenvalue weighted by atomic mass is 10.1. The molecule has 0 radical (unpaired) electrons. The first kappa shape index (κ1) is 18.0. The summed E-state index contributed by atoms with van der Waals surface area (Å²) in [4.78, 5) is 23.7. The maximum Gasteiger partial charge on any atom is 0.338 e. The van der Waals surface area contributed by atoms with Crippen molar-refractivity contribution >= 4 is 11.9 Å². The number of hydrazine groups is 1. The lowest BCUT2D eigenvalue weighted by Crippen LogP contribution is -2.48. The summed E-state index contributed by atoms with van der Waals surface area (Å²) in [5.74, 6) is 4.96. The molecule has 0 unspecified atom stereocenters. The van der Waals surface area contributed by atoms with Crippen molar-refractivity contribution in [2.24, 2.45) is 5.84 Å². The number of phenols is 1. The average molecular weight is 307 g/mol. The smallest absolute Gasteiger partial charge is 0.338 e. The molecule has 6 nitrogen and oxygen atoms in total. The van der Waals surface area contributed by atoms with Gasteiger partial charge in [0.1, 0.15) is 5.75 Å². The number of nitrogens with one attached hydrogen (secondary N) is 1. The summed E-state index contributed by atoms with van der Waals surface area (Å²) >= 11 is 0. The molecule has 1 aromatic rings. The highest BCUT2D eigenvalue weighted by Gasteiger charge is 2.18. The van der Waals surface area contributed by atoms with Crippen LogP contribution in [0.3, 0.4) is 0 Å². The zero-order chi connectivity index (χ0) is 16.4. The fourth-order valence-corrected chi connectivity index (χ4v) is 2.02. The standard InChI is InChI=1S/C16H25N3O3/c1-2-3-4-5-6-7-12-18-16(22)19(17)15(21)13-8-10-14(20)11-9-13/h8-11,20H,2-7,12,17H2,1H3,(H,18,22). The summed E-state index contributed by atoms with van der Waals surface area (Å²) in [7, 11) is 0. The summed E-state index contributed by atoms with van der Waals surface area (Å²) < 4.78 is 0. The second kappa shape index (κ2) is 9.78. The number of urea groups is 1. The largest absolute Gasteiger partial charge is 0.508 e. The zero-order valence-corrected chi connectivity index (χ0v) is 13.0. The number of imide groups is 1. The number of amides is 3. The molecule has 3 amide bonds. The monoisotopic (exact) mass is 307 g/mol. The molecular formula is C16H25N3O3. The molecule has 0 saturated carbocycles. The summed E-state index contributed by atoms with van der Waals surface area (Å²) in [5.41, 5.74) is 0.245. The number of carbonyl (C=O) groups excluding carboxylic acids is 2. The summed E-state index contributed by atoms with van der Waals surface area (Å²) in [6, 6.07) is 4.95. The Labute approximate surface area is 131 Å². The predicted octanol–water partition coefficient (Wildman–Crippen LogP) is 2.78. The Kier molecular flexibility index (Phi) is 7.99. The molecule has 0 spiro atoms. The van der Waals surface area contributed by atoms with Crippen molar-refractivity contribution in [1.29, 1.82) is 0 Å². The molecule has 1 rings (SSSR count). The topological polar surface area (TPSA) is 95.7 Å². The Morgan fingerprint density at radius 2 is 1.68 bits per heavy atom. The number of aromatic hydroxyl groups is 1. The highest BCUT2D eigenvalue weighted by molar-refractivity contribution is 6.03. The third-order valence-electron chi connectivity index (χ3n) is 3.36.